The SMILES string of the molecule is Nc1cc(C(=O)NCC2CCCCO2)c(Cl)cn1. The molecule has 1 aliphatic heterocycles. The number of hydrogen-bond acceptors (Lipinski definition) is 4. The number of carbonyl (C=O) groups is 1. The Balaban J connectivity index is 1.92. The van der Waals surface area contributed by atoms with Crippen LogP contribution in [0.25, 0.3) is 0 Å². The number of carbonyl (C=O) groups excluding carboxylic acids is 1. The largest absolute Gasteiger partial charge is 0.384 e. The van der Waals surface area contributed by atoms with Crippen molar-refractivity contribution in [3.8, 4) is 0 Å². The minimum atomic E-state index is -0.247. The van der Waals surface area contributed by atoms with Gasteiger partial charge in [-0.25, -0.2) is 4.98 Å². The molecule has 0 aliphatic carbocycles. The van der Waals surface area contributed by atoms with E-state index in [4.69, 9.17) is 22.1 Å². The molecule has 2 rings (SSSR count). The smallest absolute Gasteiger partial charge is 0.253 e. The monoisotopic (exact) mass is 269 g/mol. The number of nitrogen functional groups attached to an aromatic ring is 1. The Morgan fingerprint density at radius 1 is 1.61 bits per heavy atom. The highest BCUT2D eigenvalue weighted by Gasteiger charge is 2.16. The van der Waals surface area contributed by atoms with Crippen molar-refractivity contribution in [3.05, 3.63) is 22.8 Å². The summed E-state index contributed by atoms with van der Waals surface area (Å²) in [5.74, 6) is 0.0294. The fourth-order valence-electron chi connectivity index (χ4n) is 1.90. The second-order valence-electron chi connectivity index (χ2n) is 4.29. The Morgan fingerprint density at radius 2 is 2.44 bits per heavy atom. The van der Waals surface area contributed by atoms with Crippen molar-refractivity contribution < 1.29 is 9.53 Å². The van der Waals surface area contributed by atoms with Gasteiger partial charge in [-0.2, -0.15) is 0 Å². The summed E-state index contributed by atoms with van der Waals surface area (Å²) in [6, 6.07) is 1.47. The molecule has 1 aliphatic rings. The summed E-state index contributed by atoms with van der Waals surface area (Å²) < 4.78 is 5.53. The molecule has 1 unspecified atom stereocenters. The molecule has 1 saturated heterocycles. The number of pyridine rings is 1. The van der Waals surface area contributed by atoms with Gasteiger partial charge in [-0.3, -0.25) is 4.79 Å². The van der Waals surface area contributed by atoms with E-state index in [0.717, 1.165) is 25.9 Å². The summed E-state index contributed by atoms with van der Waals surface area (Å²) in [6.45, 7) is 1.26. The molecule has 5 nitrogen and oxygen atoms in total. The topological polar surface area (TPSA) is 77.2 Å². The minimum absolute atomic E-state index is 0.0978. The molecule has 0 aromatic carbocycles. The highest BCUT2D eigenvalue weighted by Crippen LogP contribution is 2.17. The summed E-state index contributed by atoms with van der Waals surface area (Å²) >= 11 is 5.90. The first kappa shape index (κ1) is 13.1. The number of ether oxygens (including phenoxy) is 1. The third-order valence-electron chi connectivity index (χ3n) is 2.89. The molecule has 0 spiro atoms. The zero-order valence-electron chi connectivity index (χ0n) is 9.99. The van der Waals surface area contributed by atoms with Crippen LogP contribution >= 0.6 is 11.6 Å². The average molecular weight is 270 g/mol. The van der Waals surface area contributed by atoms with Gasteiger partial charge in [-0.05, 0) is 25.3 Å². The van der Waals surface area contributed by atoms with E-state index in [9.17, 15) is 4.79 Å². The van der Waals surface area contributed by atoms with Crippen LogP contribution in [0.4, 0.5) is 5.82 Å². The molecule has 18 heavy (non-hydrogen) atoms. The molecule has 3 N–H and O–H groups in total. The van der Waals surface area contributed by atoms with Gasteiger partial charge in [0.1, 0.15) is 5.82 Å². The molecule has 1 atom stereocenters. The third-order valence-corrected chi connectivity index (χ3v) is 3.19. The maximum Gasteiger partial charge on any atom is 0.253 e. The van der Waals surface area contributed by atoms with E-state index in [-0.39, 0.29) is 17.8 Å². The first-order valence-corrected chi connectivity index (χ1v) is 6.35. The quantitative estimate of drug-likeness (QED) is 0.874. The van der Waals surface area contributed by atoms with E-state index < -0.39 is 0 Å². The molecule has 1 aromatic heterocycles. The van der Waals surface area contributed by atoms with Gasteiger partial charge in [0, 0.05) is 19.3 Å². The van der Waals surface area contributed by atoms with E-state index >= 15 is 0 Å². The summed E-state index contributed by atoms with van der Waals surface area (Å²) in [5, 5.41) is 3.10. The van der Waals surface area contributed by atoms with Crippen molar-refractivity contribution in [2.75, 3.05) is 18.9 Å². The van der Waals surface area contributed by atoms with Crippen LogP contribution in [0.3, 0.4) is 0 Å². The minimum Gasteiger partial charge on any atom is -0.384 e. The molecule has 1 fully saturated rings. The van der Waals surface area contributed by atoms with Gasteiger partial charge in [-0.15, -0.1) is 0 Å². The van der Waals surface area contributed by atoms with Crippen LogP contribution in [-0.2, 0) is 4.74 Å². The Kier molecular flexibility index (Phi) is 4.38. The number of nitrogens with two attached hydrogens (primary N) is 1. The Bertz CT molecular complexity index is 433. The van der Waals surface area contributed by atoms with Crippen molar-refractivity contribution in [2.45, 2.75) is 25.4 Å². The highest BCUT2D eigenvalue weighted by atomic mass is 35.5. The second kappa shape index (κ2) is 6.02. The van der Waals surface area contributed by atoms with Crippen LogP contribution in [0, 0.1) is 0 Å². The lowest BCUT2D eigenvalue weighted by atomic mass is 10.1. The van der Waals surface area contributed by atoms with Crippen molar-refractivity contribution >= 4 is 23.3 Å². The van der Waals surface area contributed by atoms with E-state index in [1.807, 2.05) is 0 Å². The zero-order chi connectivity index (χ0) is 13.0. The van der Waals surface area contributed by atoms with Crippen molar-refractivity contribution in [2.24, 2.45) is 0 Å². The van der Waals surface area contributed by atoms with Crippen molar-refractivity contribution in [3.63, 3.8) is 0 Å². The first-order valence-electron chi connectivity index (χ1n) is 5.97. The van der Waals surface area contributed by atoms with Gasteiger partial charge in [-0.1, -0.05) is 11.6 Å². The zero-order valence-corrected chi connectivity index (χ0v) is 10.7. The standard InChI is InChI=1S/C12H16ClN3O2/c13-10-7-15-11(14)5-9(10)12(17)16-6-8-3-1-2-4-18-8/h5,7-8H,1-4,6H2,(H2,14,15)(H,16,17). The fourth-order valence-corrected chi connectivity index (χ4v) is 2.09. The Hall–Kier alpha value is -1.33. The number of aromatic nitrogens is 1. The Morgan fingerprint density at radius 3 is 3.17 bits per heavy atom. The molecule has 1 amide bonds. The lowest BCUT2D eigenvalue weighted by Crippen LogP contribution is -2.35. The number of nitrogens with zero attached hydrogens (tertiary/aromatic N) is 1. The number of halogens is 1. The summed E-state index contributed by atoms with van der Waals surface area (Å²) in [5.41, 5.74) is 5.88. The summed E-state index contributed by atoms with van der Waals surface area (Å²) in [4.78, 5) is 15.7. The van der Waals surface area contributed by atoms with Gasteiger partial charge in [0.15, 0.2) is 0 Å². The number of rotatable bonds is 3. The third kappa shape index (κ3) is 3.34. The summed E-state index contributed by atoms with van der Waals surface area (Å²) in [6.07, 6.45) is 4.69. The van der Waals surface area contributed by atoms with Crippen LogP contribution in [0.1, 0.15) is 29.6 Å². The molecule has 6 heteroatoms. The number of anilines is 1. The van der Waals surface area contributed by atoms with Crippen LogP contribution in [0.5, 0.6) is 0 Å². The molecule has 1 aromatic rings. The predicted octanol–water partition coefficient (Wildman–Crippen LogP) is 1.62. The average Bonchev–Trinajstić information content (AvgIpc) is 2.40. The van der Waals surface area contributed by atoms with Crippen LogP contribution in [0.2, 0.25) is 5.02 Å². The normalized spacial score (nSPS) is 19.5. The highest BCUT2D eigenvalue weighted by molar-refractivity contribution is 6.33. The van der Waals surface area contributed by atoms with E-state index in [1.54, 1.807) is 0 Å². The van der Waals surface area contributed by atoms with Gasteiger partial charge in [0.05, 0.1) is 16.7 Å². The summed E-state index contributed by atoms with van der Waals surface area (Å²) in [7, 11) is 0. The van der Waals surface area contributed by atoms with Crippen LogP contribution in [0.15, 0.2) is 12.3 Å². The van der Waals surface area contributed by atoms with Gasteiger partial charge in [0.2, 0.25) is 0 Å². The van der Waals surface area contributed by atoms with Crippen molar-refractivity contribution in [1.29, 1.82) is 0 Å². The van der Waals surface area contributed by atoms with Gasteiger partial charge in [0.25, 0.3) is 5.91 Å². The molecule has 2 heterocycles. The van der Waals surface area contributed by atoms with Crippen LogP contribution in [-0.4, -0.2) is 30.1 Å². The second-order valence-corrected chi connectivity index (χ2v) is 4.69. The van der Waals surface area contributed by atoms with Crippen molar-refractivity contribution in [1.82, 2.24) is 10.3 Å². The van der Waals surface area contributed by atoms with Gasteiger partial charge >= 0.3 is 0 Å². The maximum absolute atomic E-state index is 11.9. The lowest BCUT2D eigenvalue weighted by Gasteiger charge is -2.22. The molecule has 0 radical (unpaired) electrons. The van der Waals surface area contributed by atoms with E-state index in [2.05, 4.69) is 10.3 Å². The number of nitrogens with one attached hydrogen (secondary N) is 1. The molecule has 98 valence electrons. The van der Waals surface area contributed by atoms with E-state index in [1.165, 1.54) is 12.3 Å². The molecule has 0 bridgehead atoms. The lowest BCUT2D eigenvalue weighted by molar-refractivity contribution is 0.0169. The van der Waals surface area contributed by atoms with Crippen LogP contribution < -0.4 is 11.1 Å². The maximum atomic E-state index is 11.9. The first-order chi connectivity index (χ1) is 8.66. The fraction of sp³-hybridized carbons (Fsp3) is 0.500. The molecular weight excluding hydrogens is 254 g/mol. The van der Waals surface area contributed by atoms with E-state index in [0.29, 0.717) is 17.1 Å². The Labute approximate surface area is 111 Å². The predicted molar refractivity (Wildman–Crippen MR) is 69.6 cm³/mol. The van der Waals surface area contributed by atoms with Gasteiger partial charge < -0.3 is 15.8 Å². The number of hydrogen-bond donors (Lipinski definition) is 2. The molecule has 0 saturated carbocycles. The number of amides is 1. The molecular formula is C12H16ClN3O2.